The summed E-state index contributed by atoms with van der Waals surface area (Å²) in [4.78, 5) is 5.75. The van der Waals surface area contributed by atoms with Gasteiger partial charge in [0.05, 0.1) is 6.20 Å². The van der Waals surface area contributed by atoms with Gasteiger partial charge in [0.15, 0.2) is 5.03 Å². The maximum absolute atomic E-state index is 12.0. The zero-order chi connectivity index (χ0) is 7.78. The fourth-order valence-corrected chi connectivity index (χ4v) is 0.970. The van der Waals surface area contributed by atoms with Crippen LogP contribution in [0.3, 0.4) is 0 Å². The Balaban J connectivity index is 3.21. The monoisotopic (exact) mass is 164 g/mol. The summed E-state index contributed by atoms with van der Waals surface area (Å²) >= 11 is 0. The lowest BCUT2D eigenvalue weighted by atomic mass is 10.8. The van der Waals surface area contributed by atoms with Gasteiger partial charge in [-0.05, 0) is 6.92 Å². The van der Waals surface area contributed by atoms with Crippen molar-refractivity contribution in [2.24, 2.45) is 0 Å². The number of aromatic nitrogens is 2. The summed E-state index contributed by atoms with van der Waals surface area (Å²) in [6.45, 7) is 1.54. The van der Waals surface area contributed by atoms with Crippen LogP contribution in [0.2, 0.25) is 0 Å². The number of hydrogen-bond donors (Lipinski definition) is 1. The van der Waals surface area contributed by atoms with Gasteiger partial charge in [-0.2, -0.15) is 8.42 Å². The van der Waals surface area contributed by atoms with Crippen LogP contribution >= 0.6 is 0 Å². The first-order chi connectivity index (χ1) is 4.50. The zero-order valence-corrected chi connectivity index (χ0v) is 5.94. The summed E-state index contributed by atoms with van der Waals surface area (Å²) in [6, 6.07) is 0. The van der Waals surface area contributed by atoms with Gasteiger partial charge >= 0.3 is 10.2 Å². The summed E-state index contributed by atoms with van der Waals surface area (Å²) in [7, 11) is -4.60. The number of aromatic amines is 1. The number of H-pyrrole nitrogens is 1. The molecule has 1 N–H and O–H groups in total. The molecule has 1 aromatic heterocycles. The van der Waals surface area contributed by atoms with Gasteiger partial charge in [-0.1, -0.05) is 3.89 Å². The first-order valence-corrected chi connectivity index (χ1v) is 3.85. The minimum absolute atomic E-state index is 0.372. The molecular weight excluding hydrogens is 159 g/mol. The van der Waals surface area contributed by atoms with Crippen LogP contribution < -0.4 is 0 Å². The molecule has 0 aliphatic rings. The van der Waals surface area contributed by atoms with Crippen LogP contribution in [-0.4, -0.2) is 18.4 Å². The average molecular weight is 164 g/mol. The van der Waals surface area contributed by atoms with Gasteiger partial charge in [-0.25, -0.2) is 4.98 Å². The minimum atomic E-state index is -4.60. The Kier molecular flexibility index (Phi) is 1.47. The van der Waals surface area contributed by atoms with E-state index in [9.17, 15) is 12.3 Å². The van der Waals surface area contributed by atoms with Crippen molar-refractivity contribution in [2.45, 2.75) is 11.9 Å². The van der Waals surface area contributed by atoms with Gasteiger partial charge in [0.25, 0.3) is 0 Å². The fraction of sp³-hybridized carbons (Fsp3) is 0.250. The molecule has 10 heavy (non-hydrogen) atoms. The van der Waals surface area contributed by atoms with Crippen molar-refractivity contribution in [2.75, 3.05) is 0 Å². The van der Waals surface area contributed by atoms with Gasteiger partial charge in [0, 0.05) is 0 Å². The summed E-state index contributed by atoms with van der Waals surface area (Å²) in [5, 5.41) is -0.495. The molecular formula is C4H5FN2O2S. The van der Waals surface area contributed by atoms with Gasteiger partial charge in [0.2, 0.25) is 0 Å². The summed E-state index contributed by atoms with van der Waals surface area (Å²) in [5.41, 5.74) is 0. The molecule has 1 aromatic rings. The molecule has 56 valence electrons. The first-order valence-electron chi connectivity index (χ1n) is 2.46. The third kappa shape index (κ3) is 1.32. The Bertz CT molecular complexity index is 329. The molecule has 0 radical (unpaired) electrons. The van der Waals surface area contributed by atoms with E-state index < -0.39 is 15.2 Å². The van der Waals surface area contributed by atoms with E-state index in [1.807, 2.05) is 0 Å². The van der Waals surface area contributed by atoms with Crippen LogP contribution in [-0.2, 0) is 10.2 Å². The SMILES string of the molecule is Cc1ncc(S(=O)(=O)F)[nH]1. The van der Waals surface area contributed by atoms with Gasteiger partial charge in [-0.15, -0.1) is 0 Å². The Morgan fingerprint density at radius 3 is 2.50 bits per heavy atom. The van der Waals surface area contributed by atoms with Crippen LogP contribution in [0, 0.1) is 6.92 Å². The van der Waals surface area contributed by atoms with E-state index in [0.29, 0.717) is 5.82 Å². The molecule has 0 saturated carbocycles. The fourth-order valence-electron chi connectivity index (χ4n) is 0.522. The van der Waals surface area contributed by atoms with Crippen LogP contribution in [0.25, 0.3) is 0 Å². The van der Waals surface area contributed by atoms with Crippen molar-refractivity contribution < 1.29 is 12.3 Å². The maximum Gasteiger partial charge on any atom is 0.349 e. The highest BCUT2D eigenvalue weighted by molar-refractivity contribution is 7.86. The maximum atomic E-state index is 12.0. The van der Waals surface area contributed by atoms with Crippen molar-refractivity contribution in [1.82, 2.24) is 9.97 Å². The zero-order valence-electron chi connectivity index (χ0n) is 5.13. The molecule has 6 heteroatoms. The molecule has 0 aromatic carbocycles. The molecule has 1 rings (SSSR count). The second kappa shape index (κ2) is 2.05. The van der Waals surface area contributed by atoms with Crippen LogP contribution in [0.15, 0.2) is 11.2 Å². The second-order valence-electron chi connectivity index (χ2n) is 1.77. The first kappa shape index (κ1) is 7.20. The standard InChI is InChI=1S/C4H5FN2O2S/c1-3-6-2-4(7-3)10(5,8)9/h2H,1H3,(H,6,7). The van der Waals surface area contributed by atoms with Crippen LogP contribution in [0.1, 0.15) is 5.82 Å². The summed E-state index contributed by atoms with van der Waals surface area (Å²) in [6.07, 6.45) is 0.935. The number of halogens is 1. The molecule has 0 spiro atoms. The molecule has 4 nitrogen and oxygen atoms in total. The molecule has 0 bridgehead atoms. The molecule has 0 saturated heterocycles. The van der Waals surface area contributed by atoms with Crippen molar-refractivity contribution in [1.29, 1.82) is 0 Å². The number of nitrogens with zero attached hydrogens (tertiary/aromatic N) is 1. The van der Waals surface area contributed by atoms with E-state index in [0.717, 1.165) is 6.20 Å². The molecule has 0 aliphatic heterocycles. The molecule has 0 fully saturated rings. The minimum Gasteiger partial charge on any atom is -0.331 e. The highest BCUT2D eigenvalue weighted by Crippen LogP contribution is 2.07. The quantitative estimate of drug-likeness (QED) is 0.610. The molecule has 0 unspecified atom stereocenters. The van der Waals surface area contributed by atoms with Gasteiger partial charge < -0.3 is 4.98 Å². The highest BCUT2D eigenvalue weighted by atomic mass is 32.3. The number of nitrogens with one attached hydrogen (secondary N) is 1. The molecule has 0 amide bonds. The van der Waals surface area contributed by atoms with Crippen molar-refractivity contribution in [3.05, 3.63) is 12.0 Å². The molecule has 1 heterocycles. The Labute approximate surface area is 57.3 Å². The lowest BCUT2D eigenvalue weighted by molar-refractivity contribution is 0.548. The third-order valence-corrected chi connectivity index (χ3v) is 1.68. The predicted octanol–water partition coefficient (Wildman–Crippen LogP) is 0.376. The summed E-state index contributed by atoms with van der Waals surface area (Å²) < 4.78 is 32.3. The van der Waals surface area contributed by atoms with E-state index in [2.05, 4.69) is 9.97 Å². The van der Waals surface area contributed by atoms with Crippen LogP contribution in [0.4, 0.5) is 3.89 Å². The van der Waals surface area contributed by atoms with E-state index in [1.54, 1.807) is 0 Å². The van der Waals surface area contributed by atoms with E-state index in [-0.39, 0.29) is 0 Å². The number of hydrogen-bond acceptors (Lipinski definition) is 3. The van der Waals surface area contributed by atoms with E-state index >= 15 is 0 Å². The Morgan fingerprint density at radius 1 is 1.70 bits per heavy atom. The van der Waals surface area contributed by atoms with Crippen molar-refractivity contribution in [3.8, 4) is 0 Å². The normalized spacial score (nSPS) is 11.8. The summed E-state index contributed by atoms with van der Waals surface area (Å²) in [5.74, 6) is 0.372. The lowest BCUT2D eigenvalue weighted by Gasteiger charge is -1.83. The number of imidazole rings is 1. The largest absolute Gasteiger partial charge is 0.349 e. The van der Waals surface area contributed by atoms with Crippen LogP contribution in [0.5, 0.6) is 0 Å². The third-order valence-electron chi connectivity index (χ3n) is 0.942. The van der Waals surface area contributed by atoms with Crippen molar-refractivity contribution >= 4 is 10.2 Å². The van der Waals surface area contributed by atoms with E-state index in [4.69, 9.17) is 0 Å². The lowest BCUT2D eigenvalue weighted by Crippen LogP contribution is -1.91. The van der Waals surface area contributed by atoms with Crippen molar-refractivity contribution in [3.63, 3.8) is 0 Å². The predicted molar refractivity (Wildman–Crippen MR) is 31.6 cm³/mol. The smallest absolute Gasteiger partial charge is 0.331 e. The average Bonchev–Trinajstić information content (AvgIpc) is 2.11. The number of rotatable bonds is 1. The number of aryl methyl sites for hydroxylation is 1. The Morgan fingerprint density at radius 2 is 2.30 bits per heavy atom. The molecule has 0 aliphatic carbocycles. The van der Waals surface area contributed by atoms with Gasteiger partial charge in [-0.3, -0.25) is 0 Å². The highest BCUT2D eigenvalue weighted by Gasteiger charge is 2.13. The van der Waals surface area contributed by atoms with E-state index in [1.165, 1.54) is 6.92 Å². The van der Waals surface area contributed by atoms with Gasteiger partial charge in [0.1, 0.15) is 5.82 Å². The second-order valence-corrected chi connectivity index (χ2v) is 3.09. The topological polar surface area (TPSA) is 62.8 Å². The Hall–Kier alpha value is -0.910. The molecule has 0 atom stereocenters.